The number of halogens is 1. The Bertz CT molecular complexity index is 464. The molecule has 2 aliphatic heterocycles. The van der Waals surface area contributed by atoms with Gasteiger partial charge in [-0.3, -0.25) is 4.90 Å². The van der Waals surface area contributed by atoms with Crippen LogP contribution in [0, 0.1) is 11.7 Å². The van der Waals surface area contributed by atoms with E-state index in [0.29, 0.717) is 30.0 Å². The lowest BCUT2D eigenvalue weighted by Gasteiger charge is -2.44. The Labute approximate surface area is 119 Å². The molecule has 0 bridgehead atoms. The number of nitrogens with two attached hydrogens (primary N) is 1. The molecule has 0 unspecified atom stereocenters. The van der Waals surface area contributed by atoms with Crippen molar-refractivity contribution >= 4 is 5.69 Å². The summed E-state index contributed by atoms with van der Waals surface area (Å²) in [4.78, 5) is 2.60. The molecule has 1 aromatic rings. The minimum atomic E-state index is -0.360. The Balaban J connectivity index is 1.62. The number of piperidine rings is 2. The van der Waals surface area contributed by atoms with Crippen molar-refractivity contribution in [2.45, 2.75) is 38.1 Å². The first-order chi connectivity index (χ1) is 9.74. The number of hydrogen-bond acceptors (Lipinski definition) is 3. The molecular formula is C16H23FN2O. The summed E-state index contributed by atoms with van der Waals surface area (Å²) in [5, 5.41) is 0. The van der Waals surface area contributed by atoms with Crippen LogP contribution in [0.3, 0.4) is 0 Å². The van der Waals surface area contributed by atoms with Gasteiger partial charge in [-0.25, -0.2) is 4.39 Å². The minimum Gasteiger partial charge on any atom is -0.490 e. The molecule has 2 saturated heterocycles. The highest BCUT2D eigenvalue weighted by molar-refractivity contribution is 5.42. The van der Waals surface area contributed by atoms with E-state index in [2.05, 4.69) is 4.90 Å². The molecule has 110 valence electrons. The molecule has 0 aromatic heterocycles. The van der Waals surface area contributed by atoms with Gasteiger partial charge in [0.25, 0.3) is 0 Å². The number of anilines is 1. The monoisotopic (exact) mass is 278 g/mol. The van der Waals surface area contributed by atoms with Gasteiger partial charge in [0.2, 0.25) is 0 Å². The zero-order valence-corrected chi connectivity index (χ0v) is 11.9. The molecule has 0 radical (unpaired) electrons. The summed E-state index contributed by atoms with van der Waals surface area (Å²) >= 11 is 0. The van der Waals surface area contributed by atoms with E-state index in [0.717, 1.165) is 0 Å². The number of nitrogens with zero attached hydrogens (tertiary/aromatic N) is 1. The Morgan fingerprint density at radius 3 is 2.90 bits per heavy atom. The molecule has 0 amide bonds. The van der Waals surface area contributed by atoms with Gasteiger partial charge in [-0.05, 0) is 50.9 Å². The molecule has 1 aromatic carbocycles. The first kappa shape index (κ1) is 13.7. The number of hydrogen-bond donors (Lipinski definition) is 1. The van der Waals surface area contributed by atoms with Crippen LogP contribution in [-0.4, -0.2) is 30.6 Å². The van der Waals surface area contributed by atoms with Crippen LogP contribution in [0.4, 0.5) is 10.1 Å². The van der Waals surface area contributed by atoms with Crippen LogP contribution >= 0.6 is 0 Å². The van der Waals surface area contributed by atoms with E-state index in [1.165, 1.54) is 51.3 Å². The van der Waals surface area contributed by atoms with Gasteiger partial charge in [0.1, 0.15) is 0 Å². The Hall–Kier alpha value is -1.29. The third-order valence-electron chi connectivity index (χ3n) is 4.64. The highest BCUT2D eigenvalue weighted by atomic mass is 19.1. The number of nitrogen functional groups attached to an aromatic ring is 1. The molecule has 2 aliphatic rings. The Morgan fingerprint density at radius 1 is 1.20 bits per heavy atom. The summed E-state index contributed by atoms with van der Waals surface area (Å²) in [6, 6.07) is 5.27. The smallest absolute Gasteiger partial charge is 0.167 e. The quantitative estimate of drug-likeness (QED) is 0.864. The van der Waals surface area contributed by atoms with E-state index < -0.39 is 0 Å². The lowest BCUT2D eigenvalue weighted by atomic mass is 9.84. The summed E-state index contributed by atoms with van der Waals surface area (Å²) < 4.78 is 19.4. The van der Waals surface area contributed by atoms with Crippen molar-refractivity contribution < 1.29 is 9.13 Å². The largest absolute Gasteiger partial charge is 0.490 e. The van der Waals surface area contributed by atoms with Gasteiger partial charge in [0.05, 0.1) is 6.61 Å². The predicted molar refractivity (Wildman–Crippen MR) is 78.2 cm³/mol. The minimum absolute atomic E-state index is 0.326. The van der Waals surface area contributed by atoms with E-state index >= 15 is 0 Å². The standard InChI is InChI=1S/C16H23FN2O/c17-14-10-13(18)6-7-16(14)20-11-12-4-3-9-19-8-2-1-5-15(12)19/h6-7,10,12,15H,1-5,8-9,11,18H2/t12-,15+/m1/s1. The summed E-state index contributed by atoms with van der Waals surface area (Å²) in [6.45, 7) is 3.05. The van der Waals surface area contributed by atoms with Crippen LogP contribution in [0.25, 0.3) is 0 Å². The molecule has 0 spiro atoms. The second-order valence-corrected chi connectivity index (χ2v) is 6.00. The van der Waals surface area contributed by atoms with Gasteiger partial charge in [-0.2, -0.15) is 0 Å². The molecule has 0 saturated carbocycles. The Kier molecular flexibility index (Phi) is 4.10. The second kappa shape index (κ2) is 6.00. The molecule has 20 heavy (non-hydrogen) atoms. The first-order valence-electron chi connectivity index (χ1n) is 7.66. The van der Waals surface area contributed by atoms with Crippen molar-refractivity contribution in [3.63, 3.8) is 0 Å². The van der Waals surface area contributed by atoms with Gasteiger partial charge in [0, 0.05) is 23.7 Å². The van der Waals surface area contributed by atoms with E-state index in [4.69, 9.17) is 10.5 Å². The summed E-state index contributed by atoms with van der Waals surface area (Å²) in [5.74, 6) is 0.495. The van der Waals surface area contributed by atoms with Crippen LogP contribution in [0.1, 0.15) is 32.1 Å². The van der Waals surface area contributed by atoms with Crippen molar-refractivity contribution in [1.82, 2.24) is 4.90 Å². The highest BCUT2D eigenvalue weighted by Crippen LogP contribution is 2.31. The second-order valence-electron chi connectivity index (χ2n) is 6.00. The van der Waals surface area contributed by atoms with Crippen molar-refractivity contribution in [3.8, 4) is 5.75 Å². The molecule has 3 nitrogen and oxygen atoms in total. The van der Waals surface area contributed by atoms with Gasteiger partial charge < -0.3 is 10.5 Å². The third-order valence-corrected chi connectivity index (χ3v) is 4.64. The van der Waals surface area contributed by atoms with Crippen molar-refractivity contribution in [1.29, 1.82) is 0 Å². The number of ether oxygens (including phenoxy) is 1. The number of rotatable bonds is 3. The first-order valence-corrected chi connectivity index (χ1v) is 7.66. The average molecular weight is 278 g/mol. The maximum Gasteiger partial charge on any atom is 0.167 e. The average Bonchev–Trinajstić information content (AvgIpc) is 2.46. The summed E-state index contributed by atoms with van der Waals surface area (Å²) in [7, 11) is 0. The van der Waals surface area contributed by atoms with Gasteiger partial charge in [-0.1, -0.05) is 6.42 Å². The van der Waals surface area contributed by atoms with Gasteiger partial charge in [-0.15, -0.1) is 0 Å². The molecule has 2 heterocycles. The fourth-order valence-corrected chi connectivity index (χ4v) is 3.60. The molecule has 2 fully saturated rings. The van der Waals surface area contributed by atoms with Crippen molar-refractivity contribution in [2.24, 2.45) is 5.92 Å². The topological polar surface area (TPSA) is 38.5 Å². The lowest BCUT2D eigenvalue weighted by molar-refractivity contribution is 0.0358. The van der Waals surface area contributed by atoms with Crippen LogP contribution in [0.15, 0.2) is 18.2 Å². The molecular weight excluding hydrogens is 255 g/mol. The fraction of sp³-hybridized carbons (Fsp3) is 0.625. The molecule has 4 heteroatoms. The summed E-state index contributed by atoms with van der Waals surface area (Å²) in [6.07, 6.45) is 6.31. The van der Waals surface area contributed by atoms with Gasteiger partial charge in [0.15, 0.2) is 11.6 Å². The molecule has 0 aliphatic carbocycles. The van der Waals surface area contributed by atoms with Crippen LogP contribution in [0.2, 0.25) is 0 Å². The predicted octanol–water partition coefficient (Wildman–Crippen LogP) is 3.05. The normalized spacial score (nSPS) is 27.1. The van der Waals surface area contributed by atoms with E-state index in [1.54, 1.807) is 12.1 Å². The third kappa shape index (κ3) is 2.90. The van der Waals surface area contributed by atoms with Crippen LogP contribution in [0.5, 0.6) is 5.75 Å². The maximum absolute atomic E-state index is 13.7. The van der Waals surface area contributed by atoms with Gasteiger partial charge >= 0.3 is 0 Å². The van der Waals surface area contributed by atoms with Crippen molar-refractivity contribution in [2.75, 3.05) is 25.4 Å². The molecule has 2 N–H and O–H groups in total. The summed E-state index contributed by atoms with van der Waals surface area (Å²) in [5.41, 5.74) is 5.99. The zero-order chi connectivity index (χ0) is 13.9. The zero-order valence-electron chi connectivity index (χ0n) is 11.9. The fourth-order valence-electron chi connectivity index (χ4n) is 3.60. The number of fused-ring (bicyclic) bond motifs is 1. The number of benzene rings is 1. The maximum atomic E-state index is 13.7. The van der Waals surface area contributed by atoms with E-state index in [-0.39, 0.29) is 5.82 Å². The molecule has 2 atom stereocenters. The van der Waals surface area contributed by atoms with Crippen molar-refractivity contribution in [3.05, 3.63) is 24.0 Å². The molecule has 3 rings (SSSR count). The van der Waals surface area contributed by atoms with E-state index in [1.807, 2.05) is 0 Å². The lowest BCUT2D eigenvalue weighted by Crippen LogP contribution is -2.49. The highest BCUT2D eigenvalue weighted by Gasteiger charge is 2.33. The SMILES string of the molecule is Nc1ccc(OC[C@H]2CCCN3CCCC[C@@H]23)c(F)c1. The van der Waals surface area contributed by atoms with Crippen LogP contribution in [-0.2, 0) is 0 Å². The van der Waals surface area contributed by atoms with E-state index in [9.17, 15) is 4.39 Å². The van der Waals surface area contributed by atoms with Crippen LogP contribution < -0.4 is 10.5 Å². The Morgan fingerprint density at radius 2 is 2.05 bits per heavy atom.